The van der Waals surface area contributed by atoms with Crippen molar-refractivity contribution in [2.24, 2.45) is 0 Å². The van der Waals surface area contributed by atoms with Gasteiger partial charge < -0.3 is 4.74 Å². The quantitative estimate of drug-likeness (QED) is 0.681. The van der Waals surface area contributed by atoms with Crippen molar-refractivity contribution in [3.05, 3.63) is 48.8 Å². The molecule has 2 aromatic heterocycles. The second-order valence-electron chi connectivity index (χ2n) is 4.66. The average Bonchev–Trinajstić information content (AvgIpc) is 3.09. The van der Waals surface area contributed by atoms with E-state index in [9.17, 15) is 4.79 Å². The third-order valence-corrected chi connectivity index (χ3v) is 4.89. The highest BCUT2D eigenvalue weighted by Crippen LogP contribution is 2.26. The van der Waals surface area contributed by atoms with Gasteiger partial charge in [0.2, 0.25) is 11.0 Å². The molecule has 1 amide bonds. The molecule has 0 spiro atoms. The highest BCUT2D eigenvalue weighted by molar-refractivity contribution is 8.00. The number of ether oxygens (including phenoxy) is 1. The summed E-state index contributed by atoms with van der Waals surface area (Å²) in [5.74, 6) is 0.934. The van der Waals surface area contributed by atoms with Crippen molar-refractivity contribution < 1.29 is 9.53 Å². The number of rotatable bonds is 6. The fourth-order valence-corrected chi connectivity index (χ4v) is 3.39. The summed E-state index contributed by atoms with van der Waals surface area (Å²) in [6.07, 6.45) is 3.39. The van der Waals surface area contributed by atoms with E-state index in [-0.39, 0.29) is 11.7 Å². The molecule has 0 atom stereocenters. The molecular formula is C16H14N4O2S2. The molecule has 0 radical (unpaired) electrons. The zero-order valence-corrected chi connectivity index (χ0v) is 14.4. The number of anilines is 1. The number of hydrogen-bond donors (Lipinski definition) is 1. The minimum Gasteiger partial charge on any atom is -0.497 e. The Hall–Kier alpha value is -2.45. The van der Waals surface area contributed by atoms with Crippen molar-refractivity contribution in [3.63, 3.8) is 0 Å². The maximum Gasteiger partial charge on any atom is 0.236 e. The Morgan fingerprint density at radius 2 is 2.08 bits per heavy atom. The number of carbonyl (C=O) groups is 1. The van der Waals surface area contributed by atoms with Crippen LogP contribution in [-0.2, 0) is 4.79 Å². The first kappa shape index (κ1) is 16.4. The lowest BCUT2D eigenvalue weighted by molar-refractivity contribution is -0.113. The van der Waals surface area contributed by atoms with Gasteiger partial charge in [0, 0.05) is 22.9 Å². The molecule has 6 nitrogen and oxygen atoms in total. The van der Waals surface area contributed by atoms with Gasteiger partial charge in [-0.2, -0.15) is 0 Å². The Bertz CT molecular complexity index is 824. The molecule has 0 saturated heterocycles. The van der Waals surface area contributed by atoms with Crippen LogP contribution in [0, 0.1) is 0 Å². The zero-order chi connectivity index (χ0) is 16.8. The highest BCUT2D eigenvalue weighted by atomic mass is 32.2. The molecule has 8 heteroatoms. The van der Waals surface area contributed by atoms with Crippen LogP contribution in [-0.4, -0.2) is 34.0 Å². The van der Waals surface area contributed by atoms with Crippen LogP contribution >= 0.6 is 23.1 Å². The number of amides is 1. The second kappa shape index (κ2) is 7.89. The Morgan fingerprint density at radius 1 is 1.25 bits per heavy atom. The molecule has 1 N–H and O–H groups in total. The molecule has 0 unspecified atom stereocenters. The van der Waals surface area contributed by atoms with Gasteiger partial charge in [0.1, 0.15) is 10.8 Å². The number of hydrogen-bond acceptors (Lipinski definition) is 7. The summed E-state index contributed by atoms with van der Waals surface area (Å²) in [7, 11) is 1.62. The van der Waals surface area contributed by atoms with Gasteiger partial charge in [-0.05, 0) is 30.3 Å². The first-order valence-corrected chi connectivity index (χ1v) is 8.85. The summed E-state index contributed by atoms with van der Waals surface area (Å²) >= 11 is 2.77. The van der Waals surface area contributed by atoms with Crippen LogP contribution in [0.2, 0.25) is 0 Å². The molecule has 2 heterocycles. The lowest BCUT2D eigenvalue weighted by Crippen LogP contribution is -2.13. The topological polar surface area (TPSA) is 77.0 Å². The van der Waals surface area contributed by atoms with E-state index in [1.165, 1.54) is 23.1 Å². The minimum atomic E-state index is -0.125. The summed E-state index contributed by atoms with van der Waals surface area (Å²) in [4.78, 5) is 17.0. The van der Waals surface area contributed by atoms with Gasteiger partial charge in [-0.3, -0.25) is 15.1 Å². The maximum absolute atomic E-state index is 12.1. The van der Waals surface area contributed by atoms with Crippen LogP contribution in [0.3, 0.4) is 0 Å². The molecule has 0 aliphatic carbocycles. The van der Waals surface area contributed by atoms with Crippen LogP contribution < -0.4 is 10.1 Å². The molecule has 0 aliphatic rings. The van der Waals surface area contributed by atoms with Gasteiger partial charge in [-0.15, -0.1) is 22.0 Å². The number of methoxy groups -OCH3 is 1. The number of nitrogens with zero attached hydrogens (tertiary/aromatic N) is 3. The number of nitrogens with one attached hydrogen (secondary N) is 1. The van der Waals surface area contributed by atoms with E-state index < -0.39 is 0 Å². The Morgan fingerprint density at radius 3 is 2.88 bits per heavy atom. The lowest BCUT2D eigenvalue weighted by atomic mass is 10.3. The molecule has 0 aliphatic heterocycles. The van der Waals surface area contributed by atoms with Crippen LogP contribution in [0.25, 0.3) is 10.6 Å². The van der Waals surface area contributed by atoms with Crippen molar-refractivity contribution in [2.75, 3.05) is 18.2 Å². The summed E-state index contributed by atoms with van der Waals surface area (Å²) < 4.78 is 5.17. The van der Waals surface area contributed by atoms with Gasteiger partial charge >= 0.3 is 0 Å². The number of thioether (sulfide) groups is 1. The predicted octanol–water partition coefficient (Wildman–Crippen LogP) is 3.34. The highest BCUT2D eigenvalue weighted by Gasteiger charge is 2.10. The van der Waals surface area contributed by atoms with Crippen molar-refractivity contribution in [3.8, 4) is 16.3 Å². The van der Waals surface area contributed by atoms with Crippen LogP contribution in [0.1, 0.15) is 0 Å². The first-order valence-electron chi connectivity index (χ1n) is 7.05. The second-order valence-corrected chi connectivity index (χ2v) is 6.69. The number of carbonyl (C=O) groups excluding carboxylic acids is 1. The zero-order valence-electron chi connectivity index (χ0n) is 12.8. The van der Waals surface area contributed by atoms with Crippen molar-refractivity contribution in [1.82, 2.24) is 15.2 Å². The SMILES string of the molecule is COc1cccc(SCC(=O)Nc2nnc(-c3ccncc3)s2)c1. The van der Waals surface area contributed by atoms with Crippen molar-refractivity contribution in [1.29, 1.82) is 0 Å². The van der Waals surface area contributed by atoms with Crippen LogP contribution in [0.15, 0.2) is 53.7 Å². The monoisotopic (exact) mass is 358 g/mol. The van der Waals surface area contributed by atoms with Gasteiger partial charge in [0.25, 0.3) is 0 Å². The molecule has 0 fully saturated rings. The van der Waals surface area contributed by atoms with Gasteiger partial charge in [0.15, 0.2) is 0 Å². The Kier molecular flexibility index (Phi) is 5.39. The minimum absolute atomic E-state index is 0.125. The molecule has 24 heavy (non-hydrogen) atoms. The summed E-state index contributed by atoms with van der Waals surface area (Å²) in [5, 5.41) is 12.1. The Labute approximate surface area is 147 Å². The molecule has 3 rings (SSSR count). The van der Waals surface area contributed by atoms with Gasteiger partial charge in [-0.1, -0.05) is 17.4 Å². The maximum atomic E-state index is 12.1. The summed E-state index contributed by atoms with van der Waals surface area (Å²) in [6.45, 7) is 0. The summed E-state index contributed by atoms with van der Waals surface area (Å²) in [5.41, 5.74) is 0.925. The Balaban J connectivity index is 1.56. The van der Waals surface area contributed by atoms with Gasteiger partial charge in [-0.25, -0.2) is 0 Å². The fourth-order valence-electron chi connectivity index (χ4n) is 1.88. The normalized spacial score (nSPS) is 10.4. The number of benzene rings is 1. The van der Waals surface area contributed by atoms with Crippen LogP contribution in [0.4, 0.5) is 5.13 Å². The van der Waals surface area contributed by atoms with E-state index in [2.05, 4.69) is 20.5 Å². The van der Waals surface area contributed by atoms with E-state index in [0.29, 0.717) is 5.13 Å². The largest absolute Gasteiger partial charge is 0.497 e. The fraction of sp³-hybridized carbons (Fsp3) is 0.125. The van der Waals surface area contributed by atoms with E-state index in [0.717, 1.165) is 21.2 Å². The van der Waals surface area contributed by atoms with E-state index >= 15 is 0 Å². The number of pyridine rings is 1. The van der Waals surface area contributed by atoms with E-state index in [4.69, 9.17) is 4.74 Å². The molecule has 1 aromatic carbocycles. The van der Waals surface area contributed by atoms with Crippen molar-refractivity contribution >= 4 is 34.1 Å². The summed E-state index contributed by atoms with van der Waals surface area (Å²) in [6, 6.07) is 11.3. The van der Waals surface area contributed by atoms with Crippen molar-refractivity contribution in [2.45, 2.75) is 4.90 Å². The predicted molar refractivity (Wildman–Crippen MR) is 95.5 cm³/mol. The molecule has 122 valence electrons. The van der Waals surface area contributed by atoms with E-state index in [1.54, 1.807) is 19.5 Å². The van der Waals surface area contributed by atoms with Crippen LogP contribution in [0.5, 0.6) is 5.75 Å². The average molecular weight is 358 g/mol. The first-order chi connectivity index (χ1) is 11.7. The van der Waals surface area contributed by atoms with Gasteiger partial charge in [0.05, 0.1) is 12.9 Å². The molecular weight excluding hydrogens is 344 g/mol. The smallest absolute Gasteiger partial charge is 0.236 e. The third kappa shape index (κ3) is 4.30. The lowest BCUT2D eigenvalue weighted by Gasteiger charge is -2.04. The number of aromatic nitrogens is 3. The third-order valence-electron chi connectivity index (χ3n) is 3.01. The molecule has 3 aromatic rings. The van der Waals surface area contributed by atoms with E-state index in [1.807, 2.05) is 36.4 Å². The molecule has 0 saturated carbocycles. The molecule has 0 bridgehead atoms. The standard InChI is InChI=1S/C16H14N4O2S2/c1-22-12-3-2-4-13(9-12)23-10-14(21)18-16-20-19-15(24-16)11-5-7-17-8-6-11/h2-9H,10H2,1H3,(H,18,20,21).